The number of aromatic nitrogens is 2. The first-order valence-electron chi connectivity index (χ1n) is 2.77. The lowest BCUT2D eigenvalue weighted by atomic mass is 10.4. The second-order valence-corrected chi connectivity index (χ2v) is 1.81. The molecule has 0 bridgehead atoms. The number of halogens is 1. The molecule has 0 spiro atoms. The van der Waals surface area contributed by atoms with Gasteiger partial charge in [-0.15, -0.1) is 12.4 Å². The van der Waals surface area contributed by atoms with Crippen LogP contribution in [0.15, 0.2) is 4.63 Å². The Morgan fingerprint density at radius 3 is 2.10 bits per heavy atom. The van der Waals surface area contributed by atoms with Crippen LogP contribution in [0, 0.1) is 0 Å². The Morgan fingerprint density at radius 1 is 1.10 bits per heavy atom. The summed E-state index contributed by atoms with van der Waals surface area (Å²) in [4.78, 5) is 0. The highest BCUT2D eigenvalue weighted by Crippen LogP contribution is 2.16. The maximum Gasteiger partial charge on any atom is 0.215 e. The summed E-state index contributed by atoms with van der Waals surface area (Å²) in [6.45, 7) is 1.75. The Balaban J connectivity index is 0.000000500. The summed E-state index contributed by atoms with van der Waals surface area (Å²) in [5.74, 6) is 1.42. The van der Waals surface area contributed by atoms with Crippen LogP contribution in [0.4, 0.5) is 11.6 Å². The van der Waals surface area contributed by atoms with Gasteiger partial charge in [0.05, 0.1) is 0 Å². The number of nitrogens with zero attached hydrogens (tertiary/aromatic N) is 2. The van der Waals surface area contributed by atoms with Gasteiger partial charge in [0.15, 0.2) is 0 Å². The molecule has 0 fully saturated rings. The molecule has 0 aromatic carbocycles. The minimum absolute atomic E-state index is 0. The first-order chi connectivity index (χ1) is 4.47. The molecule has 0 radical (unpaired) electrons. The fourth-order valence-electron chi connectivity index (χ4n) is 0.782. The average Bonchev–Trinajstić information content (AvgIpc) is 2.33. The molecule has 2 N–H and O–H groups in total. The fraction of sp³-hybridized carbons (Fsp3) is 0.500. The fourth-order valence-corrected chi connectivity index (χ4v) is 0.782. The average molecular weight is 163 g/mol. The number of anilines is 2. The predicted molar refractivity (Wildman–Crippen MR) is 38.5 cm³/mol. The Morgan fingerprint density at radius 2 is 1.60 bits per heavy atom. The van der Waals surface area contributed by atoms with Gasteiger partial charge in [0, 0.05) is 13.1 Å². The van der Waals surface area contributed by atoms with Gasteiger partial charge in [0.2, 0.25) is 11.6 Å². The van der Waals surface area contributed by atoms with E-state index >= 15 is 0 Å². The lowest BCUT2D eigenvalue weighted by Crippen LogP contribution is -2.20. The van der Waals surface area contributed by atoms with Crippen molar-refractivity contribution in [3.8, 4) is 0 Å². The third kappa shape index (κ3) is 0.995. The molecular weight excluding hydrogens is 156 g/mol. The van der Waals surface area contributed by atoms with Gasteiger partial charge in [-0.2, -0.15) is 0 Å². The van der Waals surface area contributed by atoms with Crippen molar-refractivity contribution in [1.82, 2.24) is 10.3 Å². The van der Waals surface area contributed by atoms with Gasteiger partial charge in [-0.1, -0.05) is 0 Å². The molecule has 0 saturated carbocycles. The maximum absolute atomic E-state index is 4.44. The molecule has 1 aromatic heterocycles. The summed E-state index contributed by atoms with van der Waals surface area (Å²) >= 11 is 0. The second-order valence-electron chi connectivity index (χ2n) is 1.81. The first-order valence-corrected chi connectivity index (χ1v) is 2.77. The largest absolute Gasteiger partial charge is 0.362 e. The minimum atomic E-state index is 0. The van der Waals surface area contributed by atoms with E-state index < -0.39 is 0 Å². The molecule has 1 aromatic rings. The van der Waals surface area contributed by atoms with Crippen molar-refractivity contribution in [2.45, 2.75) is 0 Å². The number of nitrogens with one attached hydrogen (secondary N) is 2. The van der Waals surface area contributed by atoms with Crippen LogP contribution in [0.3, 0.4) is 0 Å². The van der Waals surface area contributed by atoms with Crippen molar-refractivity contribution < 1.29 is 4.63 Å². The normalized spacial score (nSPS) is 14.0. The van der Waals surface area contributed by atoms with Crippen LogP contribution >= 0.6 is 12.4 Å². The van der Waals surface area contributed by atoms with Crippen LogP contribution in [0.1, 0.15) is 0 Å². The molecule has 0 aliphatic carbocycles. The SMILES string of the molecule is C1CNc2nonc2N1.Cl. The Labute approximate surface area is 63.5 Å². The summed E-state index contributed by atoms with van der Waals surface area (Å²) in [6, 6.07) is 0. The molecular formula is C4H7ClN4O. The van der Waals surface area contributed by atoms with Crippen LogP contribution in [0.2, 0.25) is 0 Å². The lowest BCUT2D eigenvalue weighted by molar-refractivity contribution is 0.310. The van der Waals surface area contributed by atoms with Crippen LogP contribution < -0.4 is 10.6 Å². The Kier molecular flexibility index (Phi) is 1.96. The Hall–Kier alpha value is -0.970. The van der Waals surface area contributed by atoms with Gasteiger partial charge >= 0.3 is 0 Å². The molecule has 0 amide bonds. The third-order valence-electron chi connectivity index (χ3n) is 1.20. The summed E-state index contributed by atoms with van der Waals surface area (Å²) in [5, 5.41) is 13.2. The van der Waals surface area contributed by atoms with Gasteiger partial charge in [-0.05, 0) is 10.3 Å². The second kappa shape index (κ2) is 2.74. The number of rotatable bonds is 0. The van der Waals surface area contributed by atoms with E-state index in [-0.39, 0.29) is 12.4 Å². The van der Waals surface area contributed by atoms with E-state index in [2.05, 4.69) is 25.6 Å². The summed E-state index contributed by atoms with van der Waals surface area (Å²) in [5.41, 5.74) is 0. The molecule has 0 atom stereocenters. The van der Waals surface area contributed by atoms with Crippen molar-refractivity contribution in [1.29, 1.82) is 0 Å². The highest BCUT2D eigenvalue weighted by Gasteiger charge is 2.11. The van der Waals surface area contributed by atoms with Gasteiger partial charge in [0.25, 0.3) is 0 Å². The van der Waals surface area contributed by atoms with E-state index in [1.165, 1.54) is 0 Å². The van der Waals surface area contributed by atoms with E-state index in [0.29, 0.717) is 11.6 Å². The van der Waals surface area contributed by atoms with Crippen molar-refractivity contribution in [3.05, 3.63) is 0 Å². The molecule has 0 unspecified atom stereocenters. The quantitative estimate of drug-likeness (QED) is 0.576. The van der Waals surface area contributed by atoms with E-state index in [0.717, 1.165) is 13.1 Å². The van der Waals surface area contributed by atoms with E-state index in [1.54, 1.807) is 0 Å². The monoisotopic (exact) mass is 162 g/mol. The van der Waals surface area contributed by atoms with Crippen LogP contribution in [0.5, 0.6) is 0 Å². The smallest absolute Gasteiger partial charge is 0.215 e. The third-order valence-corrected chi connectivity index (χ3v) is 1.20. The number of hydrogen-bond donors (Lipinski definition) is 2. The predicted octanol–water partition coefficient (Wildman–Crippen LogP) is 0.329. The van der Waals surface area contributed by atoms with Crippen molar-refractivity contribution in [2.24, 2.45) is 0 Å². The molecule has 56 valence electrons. The Bertz CT molecular complexity index is 192. The molecule has 1 aliphatic heterocycles. The van der Waals surface area contributed by atoms with Crippen molar-refractivity contribution in [2.75, 3.05) is 23.7 Å². The van der Waals surface area contributed by atoms with Crippen molar-refractivity contribution in [3.63, 3.8) is 0 Å². The van der Waals surface area contributed by atoms with Crippen molar-refractivity contribution >= 4 is 24.0 Å². The van der Waals surface area contributed by atoms with Crippen LogP contribution in [0.25, 0.3) is 0 Å². The van der Waals surface area contributed by atoms with Crippen LogP contribution in [-0.2, 0) is 0 Å². The summed E-state index contributed by atoms with van der Waals surface area (Å²) in [6.07, 6.45) is 0. The zero-order valence-corrected chi connectivity index (χ0v) is 5.94. The highest BCUT2D eigenvalue weighted by atomic mass is 35.5. The van der Waals surface area contributed by atoms with Crippen LogP contribution in [-0.4, -0.2) is 23.4 Å². The molecule has 1 aliphatic rings. The molecule has 2 rings (SSSR count). The van der Waals surface area contributed by atoms with Gasteiger partial charge in [-0.25, -0.2) is 4.63 Å². The van der Waals surface area contributed by atoms with E-state index in [1.807, 2.05) is 0 Å². The summed E-state index contributed by atoms with van der Waals surface area (Å²) < 4.78 is 4.44. The first kappa shape index (κ1) is 7.14. The molecule has 10 heavy (non-hydrogen) atoms. The lowest BCUT2D eigenvalue weighted by Gasteiger charge is -2.10. The van der Waals surface area contributed by atoms with Gasteiger partial charge in [-0.3, -0.25) is 0 Å². The zero-order chi connectivity index (χ0) is 6.10. The van der Waals surface area contributed by atoms with Gasteiger partial charge < -0.3 is 10.6 Å². The minimum Gasteiger partial charge on any atom is -0.362 e. The maximum atomic E-state index is 4.44. The topological polar surface area (TPSA) is 63.0 Å². The molecule has 2 heterocycles. The molecule has 5 nitrogen and oxygen atoms in total. The zero-order valence-electron chi connectivity index (χ0n) is 5.13. The number of fused-ring (bicyclic) bond motifs is 1. The van der Waals surface area contributed by atoms with Gasteiger partial charge in [0.1, 0.15) is 0 Å². The molecule has 0 saturated heterocycles. The van der Waals surface area contributed by atoms with E-state index in [9.17, 15) is 0 Å². The van der Waals surface area contributed by atoms with E-state index in [4.69, 9.17) is 0 Å². The number of hydrogen-bond acceptors (Lipinski definition) is 5. The standard InChI is InChI=1S/C4H6N4O.ClH/c1-2-6-4-3(5-1)7-9-8-4;/h1-2H2,(H,5,7)(H,6,8);1H. The molecule has 6 heteroatoms. The summed E-state index contributed by atoms with van der Waals surface area (Å²) in [7, 11) is 0. The highest BCUT2D eigenvalue weighted by molar-refractivity contribution is 5.85.